The van der Waals surface area contributed by atoms with Crippen LogP contribution in [-0.2, 0) is 0 Å². The van der Waals surface area contributed by atoms with Crippen LogP contribution in [0.3, 0.4) is 0 Å². The first-order chi connectivity index (χ1) is 5.66. The van der Waals surface area contributed by atoms with Crippen LogP contribution in [0.15, 0.2) is 0 Å². The number of hydrogen-bond acceptors (Lipinski definition) is 1. The van der Waals surface area contributed by atoms with Crippen molar-refractivity contribution in [3.63, 3.8) is 0 Å². The predicted octanol–water partition coefficient (Wildman–Crippen LogP) is 3.36. The lowest BCUT2D eigenvalue weighted by Crippen LogP contribution is -2.03. The SMILES string of the molecule is CC(C)O.CCC1CCCCC1. The van der Waals surface area contributed by atoms with Gasteiger partial charge in [-0.05, 0) is 19.8 Å². The van der Waals surface area contributed by atoms with E-state index in [4.69, 9.17) is 5.11 Å². The second-order valence-electron chi connectivity index (χ2n) is 4.01. The van der Waals surface area contributed by atoms with Gasteiger partial charge in [-0.25, -0.2) is 0 Å². The fourth-order valence-corrected chi connectivity index (χ4v) is 1.60. The molecule has 0 radical (unpaired) electrons. The van der Waals surface area contributed by atoms with Gasteiger partial charge in [0, 0.05) is 6.10 Å². The van der Waals surface area contributed by atoms with E-state index in [0.29, 0.717) is 0 Å². The summed E-state index contributed by atoms with van der Waals surface area (Å²) in [5, 5.41) is 8.06. The molecule has 1 N–H and O–H groups in total. The average Bonchev–Trinajstić information content (AvgIpc) is 2.05. The zero-order valence-electron chi connectivity index (χ0n) is 8.84. The van der Waals surface area contributed by atoms with Crippen LogP contribution in [0.4, 0.5) is 0 Å². The van der Waals surface area contributed by atoms with E-state index in [-0.39, 0.29) is 6.10 Å². The molecule has 0 atom stereocenters. The van der Waals surface area contributed by atoms with E-state index < -0.39 is 0 Å². The first-order valence-electron chi connectivity index (χ1n) is 5.34. The van der Waals surface area contributed by atoms with Gasteiger partial charge in [0.1, 0.15) is 0 Å². The van der Waals surface area contributed by atoms with Crippen molar-refractivity contribution in [1.29, 1.82) is 0 Å². The lowest BCUT2D eigenvalue weighted by molar-refractivity contribution is 0.216. The Bertz CT molecular complexity index is 80.3. The van der Waals surface area contributed by atoms with E-state index in [1.165, 1.54) is 38.5 Å². The molecule has 0 bridgehead atoms. The molecule has 1 fully saturated rings. The normalized spacial score (nSPS) is 18.8. The molecule has 1 saturated carbocycles. The Labute approximate surface area is 77.2 Å². The summed E-state index contributed by atoms with van der Waals surface area (Å²) in [5.41, 5.74) is 0. The Morgan fingerprint density at radius 2 is 1.58 bits per heavy atom. The highest BCUT2D eigenvalue weighted by Gasteiger charge is 2.09. The van der Waals surface area contributed by atoms with Crippen LogP contribution in [0.1, 0.15) is 59.3 Å². The van der Waals surface area contributed by atoms with E-state index in [2.05, 4.69) is 6.92 Å². The van der Waals surface area contributed by atoms with Gasteiger partial charge in [-0.15, -0.1) is 0 Å². The molecular weight excluding hydrogens is 148 g/mol. The highest BCUT2D eigenvalue weighted by Crippen LogP contribution is 2.25. The largest absolute Gasteiger partial charge is 0.394 e. The highest BCUT2D eigenvalue weighted by molar-refractivity contribution is 4.63. The molecular formula is C11H24O. The summed E-state index contributed by atoms with van der Waals surface area (Å²) in [6.07, 6.45) is 8.76. The molecule has 0 saturated heterocycles. The van der Waals surface area contributed by atoms with Gasteiger partial charge < -0.3 is 5.11 Å². The summed E-state index contributed by atoms with van der Waals surface area (Å²) in [5.74, 6) is 1.09. The maximum atomic E-state index is 8.06. The lowest BCUT2D eigenvalue weighted by Gasteiger charge is -2.18. The summed E-state index contributed by atoms with van der Waals surface area (Å²) in [4.78, 5) is 0. The molecule has 0 unspecified atom stereocenters. The first kappa shape index (κ1) is 12.0. The monoisotopic (exact) mass is 172 g/mol. The molecule has 0 amide bonds. The van der Waals surface area contributed by atoms with Gasteiger partial charge in [0.2, 0.25) is 0 Å². The van der Waals surface area contributed by atoms with Crippen molar-refractivity contribution in [1.82, 2.24) is 0 Å². The molecule has 12 heavy (non-hydrogen) atoms. The van der Waals surface area contributed by atoms with Crippen LogP contribution in [-0.4, -0.2) is 11.2 Å². The highest BCUT2D eigenvalue weighted by atomic mass is 16.3. The average molecular weight is 172 g/mol. The van der Waals surface area contributed by atoms with E-state index in [1.807, 2.05) is 0 Å². The Kier molecular flexibility index (Phi) is 7.58. The molecule has 0 aromatic carbocycles. The van der Waals surface area contributed by atoms with Crippen molar-refractivity contribution >= 4 is 0 Å². The van der Waals surface area contributed by atoms with Gasteiger partial charge in [0.05, 0.1) is 0 Å². The molecule has 1 nitrogen and oxygen atoms in total. The number of aliphatic hydroxyl groups is 1. The van der Waals surface area contributed by atoms with Crippen molar-refractivity contribution in [2.24, 2.45) is 5.92 Å². The minimum absolute atomic E-state index is 0.167. The number of aliphatic hydroxyl groups excluding tert-OH is 1. The molecule has 0 aliphatic heterocycles. The van der Waals surface area contributed by atoms with Gasteiger partial charge in [-0.1, -0.05) is 45.4 Å². The van der Waals surface area contributed by atoms with Crippen LogP contribution in [0.5, 0.6) is 0 Å². The van der Waals surface area contributed by atoms with E-state index >= 15 is 0 Å². The van der Waals surface area contributed by atoms with Gasteiger partial charge in [0.15, 0.2) is 0 Å². The molecule has 1 aliphatic rings. The minimum Gasteiger partial charge on any atom is -0.394 e. The fraction of sp³-hybridized carbons (Fsp3) is 1.00. The third kappa shape index (κ3) is 8.06. The van der Waals surface area contributed by atoms with Crippen molar-refractivity contribution in [2.45, 2.75) is 65.4 Å². The second-order valence-corrected chi connectivity index (χ2v) is 4.01. The van der Waals surface area contributed by atoms with Gasteiger partial charge in [-0.2, -0.15) is 0 Å². The summed E-state index contributed by atoms with van der Waals surface area (Å²) in [7, 11) is 0. The maximum Gasteiger partial charge on any atom is 0.0483 e. The standard InChI is InChI=1S/C8H16.C3H8O/c1-2-8-6-4-3-5-7-8;1-3(2)4/h8H,2-7H2,1H3;3-4H,1-2H3. The topological polar surface area (TPSA) is 20.2 Å². The summed E-state index contributed by atoms with van der Waals surface area (Å²) in [6, 6.07) is 0. The zero-order valence-corrected chi connectivity index (χ0v) is 8.84. The van der Waals surface area contributed by atoms with E-state index in [1.54, 1.807) is 13.8 Å². The second kappa shape index (κ2) is 7.60. The smallest absolute Gasteiger partial charge is 0.0483 e. The van der Waals surface area contributed by atoms with E-state index in [0.717, 1.165) is 5.92 Å². The Balaban J connectivity index is 0.000000261. The molecule has 0 aromatic rings. The van der Waals surface area contributed by atoms with Crippen LogP contribution >= 0.6 is 0 Å². The molecule has 1 aliphatic carbocycles. The first-order valence-corrected chi connectivity index (χ1v) is 5.34. The predicted molar refractivity (Wildman–Crippen MR) is 54.2 cm³/mol. The number of rotatable bonds is 1. The Morgan fingerprint density at radius 3 is 1.83 bits per heavy atom. The summed E-state index contributed by atoms with van der Waals surface area (Å²) < 4.78 is 0. The fourth-order valence-electron chi connectivity index (χ4n) is 1.60. The van der Waals surface area contributed by atoms with Crippen molar-refractivity contribution in [3.8, 4) is 0 Å². The van der Waals surface area contributed by atoms with Crippen LogP contribution < -0.4 is 0 Å². The van der Waals surface area contributed by atoms with Gasteiger partial charge >= 0.3 is 0 Å². The molecule has 74 valence electrons. The van der Waals surface area contributed by atoms with Crippen molar-refractivity contribution in [2.75, 3.05) is 0 Å². The molecule has 0 aromatic heterocycles. The third-order valence-corrected chi connectivity index (χ3v) is 2.30. The third-order valence-electron chi connectivity index (χ3n) is 2.30. The molecule has 0 heterocycles. The van der Waals surface area contributed by atoms with Crippen LogP contribution in [0.2, 0.25) is 0 Å². The lowest BCUT2D eigenvalue weighted by atomic mass is 9.88. The minimum atomic E-state index is -0.167. The van der Waals surface area contributed by atoms with Gasteiger partial charge in [-0.3, -0.25) is 0 Å². The van der Waals surface area contributed by atoms with Gasteiger partial charge in [0.25, 0.3) is 0 Å². The Morgan fingerprint density at radius 1 is 1.17 bits per heavy atom. The summed E-state index contributed by atoms with van der Waals surface area (Å²) >= 11 is 0. The number of hydrogen-bond donors (Lipinski definition) is 1. The van der Waals surface area contributed by atoms with Crippen molar-refractivity contribution in [3.05, 3.63) is 0 Å². The maximum absolute atomic E-state index is 8.06. The van der Waals surface area contributed by atoms with E-state index in [9.17, 15) is 0 Å². The summed E-state index contributed by atoms with van der Waals surface area (Å²) in [6.45, 7) is 5.76. The van der Waals surface area contributed by atoms with Crippen LogP contribution in [0.25, 0.3) is 0 Å². The van der Waals surface area contributed by atoms with Crippen molar-refractivity contribution < 1.29 is 5.11 Å². The molecule has 1 rings (SSSR count). The Hall–Kier alpha value is -0.0400. The zero-order chi connectivity index (χ0) is 9.40. The molecule has 0 spiro atoms. The quantitative estimate of drug-likeness (QED) is 0.643. The molecule has 1 heteroatoms. The van der Waals surface area contributed by atoms with Crippen LogP contribution in [0, 0.1) is 5.92 Å².